The zero-order chi connectivity index (χ0) is 25.8. The lowest BCUT2D eigenvalue weighted by Gasteiger charge is -2.31. The van der Waals surface area contributed by atoms with Crippen molar-refractivity contribution in [2.24, 2.45) is 5.92 Å². The predicted molar refractivity (Wildman–Crippen MR) is 151 cm³/mol. The van der Waals surface area contributed by atoms with E-state index in [1.54, 1.807) is 6.08 Å². The van der Waals surface area contributed by atoms with Crippen LogP contribution in [0.4, 0.5) is 0 Å². The maximum atomic E-state index is 13.3. The smallest absolute Gasteiger partial charge is 0.246 e. The summed E-state index contributed by atoms with van der Waals surface area (Å²) in [4.78, 5) is 15.3. The average molecular weight is 494 g/mol. The summed E-state index contributed by atoms with van der Waals surface area (Å²) in [6.45, 7) is 8.16. The van der Waals surface area contributed by atoms with Gasteiger partial charge in [-0.05, 0) is 68.7 Å². The molecule has 0 N–H and O–H groups in total. The van der Waals surface area contributed by atoms with Gasteiger partial charge in [-0.3, -0.25) is 4.79 Å². The van der Waals surface area contributed by atoms with Crippen LogP contribution in [0.15, 0.2) is 83.5 Å². The monoisotopic (exact) mass is 493 g/mol. The molecule has 4 nitrogen and oxygen atoms in total. The third kappa shape index (κ3) is 5.34. The first-order chi connectivity index (χ1) is 18.0. The van der Waals surface area contributed by atoms with E-state index >= 15 is 0 Å². The van der Waals surface area contributed by atoms with Crippen molar-refractivity contribution in [2.75, 3.05) is 19.7 Å². The minimum absolute atomic E-state index is 0.0753. The lowest BCUT2D eigenvalue weighted by molar-refractivity contribution is -0.127. The Morgan fingerprint density at radius 1 is 1.05 bits per heavy atom. The highest BCUT2D eigenvalue weighted by Crippen LogP contribution is 2.40. The molecule has 3 aromatic carbocycles. The number of ether oxygens (including phenoxy) is 1. The number of fused-ring (bicyclic) bond motifs is 1. The molecule has 4 heteroatoms. The Morgan fingerprint density at radius 3 is 2.41 bits per heavy atom. The lowest BCUT2D eigenvalue weighted by Crippen LogP contribution is -2.38. The normalized spacial score (nSPS) is 14.8. The van der Waals surface area contributed by atoms with Crippen LogP contribution in [0.1, 0.15) is 43.4 Å². The van der Waals surface area contributed by atoms with Crippen molar-refractivity contribution in [3.05, 3.63) is 95.8 Å². The molecule has 0 aliphatic carbocycles. The van der Waals surface area contributed by atoms with Gasteiger partial charge in [0.1, 0.15) is 11.3 Å². The molecule has 1 amide bonds. The number of benzene rings is 3. The summed E-state index contributed by atoms with van der Waals surface area (Å²) in [5.41, 5.74) is 7.16. The van der Waals surface area contributed by atoms with Crippen LogP contribution >= 0.6 is 0 Å². The fraction of sp³-hybridized carbons (Fsp3) is 0.303. The molecule has 0 unspecified atom stereocenters. The first-order valence-corrected chi connectivity index (χ1v) is 13.3. The van der Waals surface area contributed by atoms with Gasteiger partial charge in [0.25, 0.3) is 0 Å². The Hall–Kier alpha value is -3.79. The minimum Gasteiger partial charge on any atom is -0.493 e. The van der Waals surface area contributed by atoms with Gasteiger partial charge >= 0.3 is 0 Å². The summed E-state index contributed by atoms with van der Waals surface area (Å²) in [6, 6.07) is 23.0. The molecule has 5 rings (SSSR count). The first kappa shape index (κ1) is 24.9. The molecule has 1 fully saturated rings. The fourth-order valence-corrected chi connectivity index (χ4v) is 5.44. The van der Waals surface area contributed by atoms with Gasteiger partial charge < -0.3 is 14.1 Å². The number of allylic oxidation sites excluding steroid dienone is 1. The number of nitrogens with zero attached hydrogens (tertiary/aromatic N) is 1. The molecule has 0 radical (unpaired) electrons. The number of hydrogen-bond donors (Lipinski definition) is 0. The van der Waals surface area contributed by atoms with Crippen molar-refractivity contribution in [3.63, 3.8) is 0 Å². The third-order valence-corrected chi connectivity index (χ3v) is 7.48. The third-order valence-electron chi connectivity index (χ3n) is 7.48. The molecule has 0 saturated carbocycles. The maximum Gasteiger partial charge on any atom is 0.246 e. The Labute approximate surface area is 219 Å². The Balaban J connectivity index is 1.39. The van der Waals surface area contributed by atoms with Crippen LogP contribution in [-0.4, -0.2) is 30.5 Å². The van der Waals surface area contributed by atoms with Crippen molar-refractivity contribution in [2.45, 2.75) is 40.0 Å². The van der Waals surface area contributed by atoms with E-state index in [4.69, 9.17) is 9.15 Å². The van der Waals surface area contributed by atoms with E-state index in [1.165, 1.54) is 5.56 Å². The summed E-state index contributed by atoms with van der Waals surface area (Å²) in [5, 5.41) is 1.03. The maximum absolute atomic E-state index is 13.3. The average Bonchev–Trinajstić information content (AvgIpc) is 3.36. The van der Waals surface area contributed by atoms with Crippen molar-refractivity contribution in [1.82, 2.24) is 4.90 Å². The molecule has 190 valence electrons. The second-order valence-electron chi connectivity index (χ2n) is 9.99. The molecule has 1 aromatic heterocycles. The number of carbonyl (C=O) groups excluding carboxylic acids is 1. The second kappa shape index (κ2) is 11.1. The second-order valence-corrected chi connectivity index (χ2v) is 9.99. The van der Waals surface area contributed by atoms with Gasteiger partial charge in [-0.15, -0.1) is 0 Å². The number of likely N-dealkylation sites (tertiary alicyclic amines) is 1. The highest BCUT2D eigenvalue weighted by Gasteiger charge is 2.23. The van der Waals surface area contributed by atoms with Crippen LogP contribution in [0.25, 0.3) is 27.7 Å². The van der Waals surface area contributed by atoms with E-state index in [-0.39, 0.29) is 5.91 Å². The number of amides is 1. The van der Waals surface area contributed by atoms with E-state index < -0.39 is 0 Å². The van der Waals surface area contributed by atoms with Crippen LogP contribution in [0, 0.1) is 12.8 Å². The zero-order valence-corrected chi connectivity index (χ0v) is 22.0. The standard InChI is InChI=1S/C33H35NO3/c1-4-36-32-24(3)33-29(30(22-37-33)27-13-9-6-10-14-27)21-28(32)23(2)19-31(35)34-17-15-26(16-18-34)20-25-11-7-5-8-12-25/h5-14,19,21-22,26H,4,15-18,20H2,1-3H3/b23-19+. The molecule has 0 spiro atoms. The minimum atomic E-state index is 0.0753. The number of aryl methyl sites for hydroxylation is 1. The van der Waals surface area contributed by atoms with E-state index in [2.05, 4.69) is 48.5 Å². The van der Waals surface area contributed by atoms with Gasteiger partial charge in [-0.1, -0.05) is 60.7 Å². The van der Waals surface area contributed by atoms with Gasteiger partial charge in [-0.2, -0.15) is 0 Å². The molecule has 4 aromatic rings. The molecule has 37 heavy (non-hydrogen) atoms. The summed E-state index contributed by atoms with van der Waals surface area (Å²) in [6.07, 6.45) is 6.76. The Bertz CT molecular complexity index is 1390. The van der Waals surface area contributed by atoms with Crippen molar-refractivity contribution in [3.8, 4) is 16.9 Å². The molecule has 2 heterocycles. The zero-order valence-electron chi connectivity index (χ0n) is 22.0. The molecular weight excluding hydrogens is 458 g/mol. The first-order valence-electron chi connectivity index (χ1n) is 13.3. The number of furan rings is 1. The summed E-state index contributed by atoms with van der Waals surface area (Å²) in [5.74, 6) is 1.49. The molecule has 1 aliphatic rings. The number of piperidine rings is 1. The summed E-state index contributed by atoms with van der Waals surface area (Å²) >= 11 is 0. The largest absolute Gasteiger partial charge is 0.493 e. The fourth-order valence-electron chi connectivity index (χ4n) is 5.44. The van der Waals surface area contributed by atoms with Crippen molar-refractivity contribution >= 4 is 22.4 Å². The van der Waals surface area contributed by atoms with Gasteiger partial charge in [0, 0.05) is 41.2 Å². The predicted octanol–water partition coefficient (Wildman–Crippen LogP) is 7.69. The summed E-state index contributed by atoms with van der Waals surface area (Å²) < 4.78 is 12.1. The quantitative estimate of drug-likeness (QED) is 0.248. The van der Waals surface area contributed by atoms with E-state index in [9.17, 15) is 4.79 Å². The van der Waals surface area contributed by atoms with Crippen LogP contribution in [0.3, 0.4) is 0 Å². The van der Waals surface area contributed by atoms with E-state index in [0.717, 1.165) is 76.9 Å². The van der Waals surface area contributed by atoms with Gasteiger partial charge in [-0.25, -0.2) is 0 Å². The van der Waals surface area contributed by atoms with Gasteiger partial charge in [0.05, 0.1) is 12.9 Å². The highest BCUT2D eigenvalue weighted by molar-refractivity contribution is 6.01. The van der Waals surface area contributed by atoms with Gasteiger partial charge in [0.15, 0.2) is 0 Å². The highest BCUT2D eigenvalue weighted by atomic mass is 16.5. The number of carbonyl (C=O) groups is 1. The molecule has 0 bridgehead atoms. The SMILES string of the molecule is CCOc1c(/C(C)=C/C(=O)N2CCC(Cc3ccccc3)CC2)cc2c(-c3ccccc3)coc2c1C. The van der Waals surface area contributed by atoms with Crippen molar-refractivity contribution in [1.29, 1.82) is 0 Å². The molecule has 1 aliphatic heterocycles. The van der Waals surface area contributed by atoms with E-state index in [1.807, 2.05) is 50.1 Å². The van der Waals surface area contributed by atoms with Crippen LogP contribution in [-0.2, 0) is 11.2 Å². The lowest BCUT2D eigenvalue weighted by atomic mass is 9.90. The number of rotatable bonds is 7. The van der Waals surface area contributed by atoms with Crippen molar-refractivity contribution < 1.29 is 13.9 Å². The van der Waals surface area contributed by atoms with Crippen LogP contribution < -0.4 is 4.74 Å². The molecule has 1 saturated heterocycles. The summed E-state index contributed by atoms with van der Waals surface area (Å²) in [7, 11) is 0. The van der Waals surface area contributed by atoms with Crippen LogP contribution in [0.5, 0.6) is 5.75 Å². The number of hydrogen-bond acceptors (Lipinski definition) is 3. The topological polar surface area (TPSA) is 42.7 Å². The van der Waals surface area contributed by atoms with Crippen LogP contribution in [0.2, 0.25) is 0 Å². The van der Waals surface area contributed by atoms with E-state index in [0.29, 0.717) is 12.5 Å². The Morgan fingerprint density at radius 2 is 1.73 bits per heavy atom. The Kier molecular flexibility index (Phi) is 7.45. The molecular formula is C33H35NO3. The molecule has 0 atom stereocenters. The van der Waals surface area contributed by atoms with Gasteiger partial charge in [0.2, 0.25) is 5.91 Å².